The summed E-state index contributed by atoms with van der Waals surface area (Å²) in [5.41, 5.74) is 1.67. The van der Waals surface area contributed by atoms with E-state index in [9.17, 15) is 4.79 Å². The molecule has 3 nitrogen and oxygen atoms in total. The largest absolute Gasteiger partial charge is 0.350 e. The van der Waals surface area contributed by atoms with Crippen LogP contribution in [0.5, 0.6) is 0 Å². The highest BCUT2D eigenvalue weighted by atomic mass is 16.1. The maximum atomic E-state index is 11.8. The van der Waals surface area contributed by atoms with Gasteiger partial charge in [0.25, 0.3) is 0 Å². The lowest BCUT2D eigenvalue weighted by Crippen LogP contribution is -2.26. The van der Waals surface area contributed by atoms with Gasteiger partial charge < -0.3 is 5.32 Å². The van der Waals surface area contributed by atoms with Gasteiger partial charge in [-0.2, -0.15) is 5.26 Å². The van der Waals surface area contributed by atoms with Crippen LogP contribution in [0.15, 0.2) is 24.3 Å². The van der Waals surface area contributed by atoms with E-state index in [-0.39, 0.29) is 11.9 Å². The maximum Gasteiger partial charge on any atom is 0.220 e. The lowest BCUT2D eigenvalue weighted by Gasteiger charge is -2.14. The zero-order valence-corrected chi connectivity index (χ0v) is 12.5. The van der Waals surface area contributed by atoms with E-state index in [2.05, 4.69) is 18.3 Å². The highest BCUT2D eigenvalue weighted by molar-refractivity contribution is 5.76. The van der Waals surface area contributed by atoms with Gasteiger partial charge in [-0.15, -0.1) is 0 Å². The standard InChI is InChI=1S/C17H24N2O/c1-3-4-5-6-7-8-17(20)19-14(2)16-11-9-15(13-18)10-12-16/h9-12,14H,3-8H2,1-2H3,(H,19,20). The van der Waals surface area contributed by atoms with Crippen molar-refractivity contribution in [2.45, 2.75) is 58.4 Å². The lowest BCUT2D eigenvalue weighted by molar-refractivity contribution is -0.121. The molecule has 0 aromatic heterocycles. The summed E-state index contributed by atoms with van der Waals surface area (Å²) >= 11 is 0. The minimum atomic E-state index is -0.00844. The predicted molar refractivity (Wildman–Crippen MR) is 81.1 cm³/mol. The third-order valence-corrected chi connectivity index (χ3v) is 3.42. The Morgan fingerprint density at radius 3 is 2.45 bits per heavy atom. The van der Waals surface area contributed by atoms with E-state index >= 15 is 0 Å². The molecule has 20 heavy (non-hydrogen) atoms. The molecule has 0 spiro atoms. The van der Waals surface area contributed by atoms with E-state index in [1.165, 1.54) is 19.3 Å². The van der Waals surface area contributed by atoms with Gasteiger partial charge in [0.05, 0.1) is 17.7 Å². The number of carbonyl (C=O) groups is 1. The van der Waals surface area contributed by atoms with Gasteiger partial charge in [0, 0.05) is 6.42 Å². The number of carbonyl (C=O) groups excluding carboxylic acids is 1. The SMILES string of the molecule is CCCCCCCC(=O)NC(C)c1ccc(C#N)cc1. The summed E-state index contributed by atoms with van der Waals surface area (Å²) in [7, 11) is 0. The van der Waals surface area contributed by atoms with E-state index in [1.807, 2.05) is 19.1 Å². The van der Waals surface area contributed by atoms with Gasteiger partial charge >= 0.3 is 0 Å². The van der Waals surface area contributed by atoms with Gasteiger partial charge in [0.2, 0.25) is 5.91 Å². The minimum absolute atomic E-state index is 0.00844. The third kappa shape index (κ3) is 5.88. The van der Waals surface area contributed by atoms with Crippen LogP contribution in [0.2, 0.25) is 0 Å². The van der Waals surface area contributed by atoms with Crippen molar-refractivity contribution in [1.82, 2.24) is 5.32 Å². The molecule has 0 saturated carbocycles. The van der Waals surface area contributed by atoms with Crippen molar-refractivity contribution in [2.75, 3.05) is 0 Å². The topological polar surface area (TPSA) is 52.9 Å². The average molecular weight is 272 g/mol. The van der Waals surface area contributed by atoms with Crippen molar-refractivity contribution in [2.24, 2.45) is 0 Å². The molecule has 1 amide bonds. The monoisotopic (exact) mass is 272 g/mol. The second kappa shape index (κ2) is 9.14. The Morgan fingerprint density at radius 1 is 1.20 bits per heavy atom. The van der Waals surface area contributed by atoms with Crippen LogP contribution in [0.1, 0.15) is 69.5 Å². The van der Waals surface area contributed by atoms with Gasteiger partial charge in [-0.3, -0.25) is 4.79 Å². The molecule has 0 saturated heterocycles. The van der Waals surface area contributed by atoms with Crippen LogP contribution in [0, 0.1) is 11.3 Å². The number of nitrogens with zero attached hydrogens (tertiary/aromatic N) is 1. The van der Waals surface area contributed by atoms with Crippen LogP contribution in [-0.2, 0) is 4.79 Å². The number of hydrogen-bond acceptors (Lipinski definition) is 2. The Bertz CT molecular complexity index is 445. The van der Waals surface area contributed by atoms with E-state index < -0.39 is 0 Å². The molecule has 1 aromatic carbocycles. The molecule has 1 atom stereocenters. The van der Waals surface area contributed by atoms with E-state index in [1.54, 1.807) is 12.1 Å². The molecule has 3 heteroatoms. The maximum absolute atomic E-state index is 11.8. The van der Waals surface area contributed by atoms with E-state index in [4.69, 9.17) is 5.26 Å². The number of unbranched alkanes of at least 4 members (excludes halogenated alkanes) is 4. The molecule has 0 heterocycles. The predicted octanol–water partition coefficient (Wildman–Crippen LogP) is 4.10. The summed E-state index contributed by atoms with van der Waals surface area (Å²) in [6.07, 6.45) is 6.39. The fourth-order valence-corrected chi connectivity index (χ4v) is 2.13. The normalized spacial score (nSPS) is 11.7. The Kier molecular flexibility index (Phi) is 7.42. The fourth-order valence-electron chi connectivity index (χ4n) is 2.13. The second-order valence-electron chi connectivity index (χ2n) is 5.19. The zero-order chi connectivity index (χ0) is 14.8. The van der Waals surface area contributed by atoms with Crippen LogP contribution in [0.3, 0.4) is 0 Å². The van der Waals surface area contributed by atoms with E-state index in [0.29, 0.717) is 12.0 Å². The first-order valence-electron chi connectivity index (χ1n) is 7.46. The van der Waals surface area contributed by atoms with Gasteiger partial charge in [-0.1, -0.05) is 44.7 Å². The van der Waals surface area contributed by atoms with Gasteiger partial charge in [-0.25, -0.2) is 0 Å². The summed E-state index contributed by atoms with van der Waals surface area (Å²) in [5.74, 6) is 0.110. The van der Waals surface area contributed by atoms with Crippen molar-refractivity contribution in [3.8, 4) is 6.07 Å². The Balaban J connectivity index is 2.31. The van der Waals surface area contributed by atoms with Crippen LogP contribution in [-0.4, -0.2) is 5.91 Å². The molecule has 0 aliphatic rings. The Hall–Kier alpha value is -1.82. The highest BCUT2D eigenvalue weighted by Crippen LogP contribution is 2.13. The number of nitrogens with one attached hydrogen (secondary N) is 1. The molecule has 1 unspecified atom stereocenters. The smallest absolute Gasteiger partial charge is 0.220 e. The molecule has 1 N–H and O–H groups in total. The molecule has 0 fully saturated rings. The summed E-state index contributed by atoms with van der Waals surface area (Å²) in [6.45, 7) is 4.16. The molecular formula is C17H24N2O. The summed E-state index contributed by atoms with van der Waals surface area (Å²) in [5, 5.41) is 11.8. The Labute approximate surface area is 122 Å². The molecular weight excluding hydrogens is 248 g/mol. The zero-order valence-electron chi connectivity index (χ0n) is 12.5. The summed E-state index contributed by atoms with van der Waals surface area (Å²) in [4.78, 5) is 11.8. The fraction of sp³-hybridized carbons (Fsp3) is 0.529. The van der Waals surface area contributed by atoms with Crippen LogP contribution in [0.25, 0.3) is 0 Å². The Morgan fingerprint density at radius 2 is 1.85 bits per heavy atom. The molecule has 1 rings (SSSR count). The molecule has 108 valence electrons. The van der Waals surface area contributed by atoms with Gasteiger partial charge in [-0.05, 0) is 31.0 Å². The second-order valence-corrected chi connectivity index (χ2v) is 5.19. The number of amides is 1. The number of nitriles is 1. The molecule has 0 aliphatic carbocycles. The number of rotatable bonds is 8. The van der Waals surface area contributed by atoms with Crippen molar-refractivity contribution < 1.29 is 4.79 Å². The summed E-state index contributed by atoms with van der Waals surface area (Å²) in [6, 6.07) is 9.43. The molecule has 0 radical (unpaired) electrons. The van der Waals surface area contributed by atoms with E-state index in [0.717, 1.165) is 18.4 Å². The van der Waals surface area contributed by atoms with Crippen LogP contribution < -0.4 is 5.32 Å². The number of benzene rings is 1. The quantitative estimate of drug-likeness (QED) is 0.724. The first-order chi connectivity index (χ1) is 9.67. The average Bonchev–Trinajstić information content (AvgIpc) is 2.47. The van der Waals surface area contributed by atoms with Crippen molar-refractivity contribution in [3.05, 3.63) is 35.4 Å². The van der Waals surface area contributed by atoms with Crippen LogP contribution >= 0.6 is 0 Å². The minimum Gasteiger partial charge on any atom is -0.350 e. The summed E-state index contributed by atoms with van der Waals surface area (Å²) < 4.78 is 0. The molecule has 1 aromatic rings. The van der Waals surface area contributed by atoms with Crippen molar-refractivity contribution in [1.29, 1.82) is 5.26 Å². The first kappa shape index (κ1) is 16.2. The van der Waals surface area contributed by atoms with Crippen molar-refractivity contribution >= 4 is 5.91 Å². The number of hydrogen-bond donors (Lipinski definition) is 1. The highest BCUT2D eigenvalue weighted by Gasteiger charge is 2.09. The molecule has 0 bridgehead atoms. The van der Waals surface area contributed by atoms with Gasteiger partial charge in [0.15, 0.2) is 0 Å². The van der Waals surface area contributed by atoms with Crippen molar-refractivity contribution in [3.63, 3.8) is 0 Å². The van der Waals surface area contributed by atoms with Gasteiger partial charge in [0.1, 0.15) is 0 Å². The molecule has 0 aliphatic heterocycles. The van der Waals surface area contributed by atoms with Crippen LogP contribution in [0.4, 0.5) is 0 Å². The third-order valence-electron chi connectivity index (χ3n) is 3.42. The lowest BCUT2D eigenvalue weighted by atomic mass is 10.1. The first-order valence-corrected chi connectivity index (χ1v) is 7.46.